The number of fused-ring (bicyclic) bond motifs is 1. The van der Waals surface area contributed by atoms with Crippen LogP contribution in [0.4, 0.5) is 0 Å². The zero-order valence-corrected chi connectivity index (χ0v) is 24.4. The number of likely N-dealkylation sites (N-methyl/N-ethyl adjacent to an activating group) is 1. The quantitative estimate of drug-likeness (QED) is 0.216. The maximum atomic E-state index is 13.7. The van der Waals surface area contributed by atoms with Crippen LogP contribution in [0.2, 0.25) is 0 Å². The maximum Gasteiger partial charge on any atom is 0.261 e. The first-order valence-electron chi connectivity index (χ1n) is 14.2. The lowest BCUT2D eigenvalue weighted by atomic mass is 10.00. The summed E-state index contributed by atoms with van der Waals surface area (Å²) in [6, 6.07) is 14.9. The smallest absolute Gasteiger partial charge is 0.261 e. The number of benzene rings is 2. The van der Waals surface area contributed by atoms with Gasteiger partial charge in [-0.05, 0) is 49.3 Å². The molecular formula is C31H38N4O5S. The average molecular weight is 579 g/mol. The second kappa shape index (κ2) is 13.8. The first kappa shape index (κ1) is 30.3. The van der Waals surface area contributed by atoms with Crippen molar-refractivity contribution < 1.29 is 24.0 Å². The second-order valence-corrected chi connectivity index (χ2v) is 11.5. The molecule has 0 aliphatic carbocycles. The van der Waals surface area contributed by atoms with Crippen molar-refractivity contribution in [1.29, 1.82) is 0 Å². The SMILES string of the molecule is CNC(=O)[C@H](Cc1ccccc1)N1CC[C@H](C)C[C@H](NC(=O)C(S)CCCCN2C(=O)c3ccccc3C2=O)C1=O. The van der Waals surface area contributed by atoms with Crippen molar-refractivity contribution in [1.82, 2.24) is 20.4 Å². The van der Waals surface area contributed by atoms with Crippen LogP contribution in [0, 0.1) is 5.92 Å². The molecule has 41 heavy (non-hydrogen) atoms. The van der Waals surface area contributed by atoms with Crippen molar-refractivity contribution in [3.63, 3.8) is 0 Å². The Morgan fingerprint density at radius 1 is 0.951 bits per heavy atom. The van der Waals surface area contributed by atoms with Gasteiger partial charge in [0.1, 0.15) is 12.1 Å². The summed E-state index contributed by atoms with van der Waals surface area (Å²) in [5, 5.41) is 4.93. The predicted molar refractivity (Wildman–Crippen MR) is 158 cm³/mol. The van der Waals surface area contributed by atoms with Crippen LogP contribution in [0.5, 0.6) is 0 Å². The lowest BCUT2D eigenvalue weighted by molar-refractivity contribution is -0.142. The van der Waals surface area contributed by atoms with Gasteiger partial charge < -0.3 is 15.5 Å². The van der Waals surface area contributed by atoms with E-state index in [1.54, 1.807) is 36.2 Å². The topological polar surface area (TPSA) is 116 Å². The molecule has 2 N–H and O–H groups in total. The Morgan fingerprint density at radius 3 is 2.22 bits per heavy atom. The van der Waals surface area contributed by atoms with Crippen LogP contribution in [0.3, 0.4) is 0 Å². The number of likely N-dealkylation sites (tertiary alicyclic amines) is 1. The molecule has 0 aromatic heterocycles. The number of hydrogen-bond acceptors (Lipinski definition) is 6. The maximum absolute atomic E-state index is 13.7. The standard InChI is InChI=1S/C31H38N4O5S/c1-20-15-17-34(25(27(36)32-2)19-21-10-4-3-5-11-21)31(40)24(18-20)33-28(37)26(41)14-8-9-16-35-29(38)22-12-6-7-13-23(22)30(35)39/h3-7,10-13,20,24-26,41H,8-9,14-19H2,1-2H3,(H,32,36)(H,33,37)/t20-,24-,25-,26?/m0/s1. The molecule has 0 bridgehead atoms. The van der Waals surface area contributed by atoms with E-state index in [1.807, 2.05) is 37.3 Å². The van der Waals surface area contributed by atoms with Gasteiger partial charge in [-0.25, -0.2) is 0 Å². The van der Waals surface area contributed by atoms with E-state index in [9.17, 15) is 24.0 Å². The Bertz CT molecular complexity index is 1250. The molecule has 4 rings (SSSR count). The molecule has 2 heterocycles. The van der Waals surface area contributed by atoms with Crippen LogP contribution in [-0.4, -0.2) is 76.8 Å². The number of nitrogens with one attached hydrogen (secondary N) is 2. The molecule has 0 spiro atoms. The highest BCUT2D eigenvalue weighted by molar-refractivity contribution is 7.81. The lowest BCUT2D eigenvalue weighted by Crippen LogP contribution is -2.56. The fourth-order valence-electron chi connectivity index (χ4n) is 5.52. The first-order valence-corrected chi connectivity index (χ1v) is 14.7. The summed E-state index contributed by atoms with van der Waals surface area (Å²) in [6.07, 6.45) is 3.12. The van der Waals surface area contributed by atoms with E-state index < -0.39 is 17.3 Å². The zero-order valence-electron chi connectivity index (χ0n) is 23.5. The van der Waals surface area contributed by atoms with E-state index in [4.69, 9.17) is 0 Å². The summed E-state index contributed by atoms with van der Waals surface area (Å²) >= 11 is 4.49. The molecule has 9 nitrogen and oxygen atoms in total. The highest BCUT2D eigenvalue weighted by atomic mass is 32.1. The highest BCUT2D eigenvalue weighted by Gasteiger charge is 2.38. The van der Waals surface area contributed by atoms with Gasteiger partial charge >= 0.3 is 0 Å². The highest BCUT2D eigenvalue weighted by Crippen LogP contribution is 2.24. The van der Waals surface area contributed by atoms with Gasteiger partial charge in [0, 0.05) is 26.6 Å². The summed E-state index contributed by atoms with van der Waals surface area (Å²) in [6.45, 7) is 2.74. The van der Waals surface area contributed by atoms with Gasteiger partial charge in [0.2, 0.25) is 17.7 Å². The molecule has 5 amide bonds. The molecule has 1 fully saturated rings. The number of amides is 5. The number of carbonyl (C=O) groups excluding carboxylic acids is 5. The number of imide groups is 1. The molecule has 4 atom stereocenters. The van der Waals surface area contributed by atoms with E-state index in [-0.39, 0.29) is 42.0 Å². The van der Waals surface area contributed by atoms with Gasteiger partial charge in [-0.1, -0.05) is 55.8 Å². The summed E-state index contributed by atoms with van der Waals surface area (Å²) in [4.78, 5) is 67.6. The van der Waals surface area contributed by atoms with E-state index in [2.05, 4.69) is 23.3 Å². The van der Waals surface area contributed by atoms with Gasteiger partial charge in [-0.3, -0.25) is 28.9 Å². The molecule has 2 aromatic carbocycles. The Labute approximate surface area is 246 Å². The third-order valence-corrected chi connectivity index (χ3v) is 8.38. The van der Waals surface area contributed by atoms with Crippen molar-refractivity contribution in [2.75, 3.05) is 20.1 Å². The largest absolute Gasteiger partial charge is 0.357 e. The van der Waals surface area contributed by atoms with Crippen molar-refractivity contribution >= 4 is 42.2 Å². The third kappa shape index (κ3) is 7.16. The minimum Gasteiger partial charge on any atom is -0.357 e. The first-order chi connectivity index (χ1) is 19.7. The Hall–Kier alpha value is -3.66. The molecule has 2 aliphatic rings. The second-order valence-electron chi connectivity index (χ2n) is 10.9. The minimum atomic E-state index is -0.754. The van der Waals surface area contributed by atoms with E-state index >= 15 is 0 Å². The number of nitrogens with zero attached hydrogens (tertiary/aromatic N) is 2. The lowest BCUT2D eigenvalue weighted by Gasteiger charge is -2.32. The fourth-order valence-corrected chi connectivity index (χ4v) is 5.78. The zero-order chi connectivity index (χ0) is 29.5. The number of rotatable bonds is 11. The monoisotopic (exact) mass is 578 g/mol. The van der Waals surface area contributed by atoms with Crippen LogP contribution in [0.1, 0.15) is 65.3 Å². The van der Waals surface area contributed by atoms with Crippen molar-refractivity contribution in [2.45, 2.75) is 62.8 Å². The molecule has 1 saturated heterocycles. The van der Waals surface area contributed by atoms with Crippen LogP contribution < -0.4 is 10.6 Å². The van der Waals surface area contributed by atoms with Crippen LogP contribution in [0.25, 0.3) is 0 Å². The molecule has 10 heteroatoms. The predicted octanol–water partition coefficient (Wildman–Crippen LogP) is 2.85. The average Bonchev–Trinajstić information content (AvgIpc) is 3.13. The van der Waals surface area contributed by atoms with E-state index in [0.717, 1.165) is 12.0 Å². The number of carbonyl (C=O) groups is 5. The third-order valence-electron chi connectivity index (χ3n) is 7.89. The molecule has 0 saturated carbocycles. The van der Waals surface area contributed by atoms with Gasteiger partial charge in [0.15, 0.2) is 0 Å². The summed E-state index contributed by atoms with van der Waals surface area (Å²) < 4.78 is 0. The minimum absolute atomic E-state index is 0.175. The van der Waals surface area contributed by atoms with Crippen LogP contribution in [-0.2, 0) is 20.8 Å². The molecular weight excluding hydrogens is 540 g/mol. The number of unbranched alkanes of at least 4 members (excludes halogenated alkanes) is 1. The molecule has 2 aromatic rings. The van der Waals surface area contributed by atoms with Gasteiger partial charge in [-0.2, -0.15) is 12.6 Å². The van der Waals surface area contributed by atoms with E-state index in [1.165, 1.54) is 4.90 Å². The van der Waals surface area contributed by atoms with E-state index in [0.29, 0.717) is 49.8 Å². The summed E-state index contributed by atoms with van der Waals surface area (Å²) in [5.74, 6) is -1.27. The Balaban J connectivity index is 1.33. The van der Waals surface area contributed by atoms with Crippen molar-refractivity contribution in [3.05, 3.63) is 71.3 Å². The van der Waals surface area contributed by atoms with Gasteiger partial charge in [0.25, 0.3) is 11.8 Å². The molecule has 1 unspecified atom stereocenters. The molecule has 218 valence electrons. The normalized spacial score (nSPS) is 20.3. The number of thiol groups is 1. The summed E-state index contributed by atoms with van der Waals surface area (Å²) in [7, 11) is 1.56. The Morgan fingerprint density at radius 2 is 1.59 bits per heavy atom. The van der Waals surface area contributed by atoms with Crippen molar-refractivity contribution in [3.8, 4) is 0 Å². The fraction of sp³-hybridized carbons (Fsp3) is 0.452. The van der Waals surface area contributed by atoms with Gasteiger partial charge in [0.05, 0.1) is 16.4 Å². The summed E-state index contributed by atoms with van der Waals surface area (Å²) in [5.41, 5.74) is 1.79. The van der Waals surface area contributed by atoms with Crippen LogP contribution >= 0.6 is 12.6 Å². The molecule has 2 aliphatic heterocycles. The number of hydrogen-bond donors (Lipinski definition) is 3. The Kier molecular flexibility index (Phi) is 10.2. The van der Waals surface area contributed by atoms with Crippen LogP contribution in [0.15, 0.2) is 54.6 Å². The van der Waals surface area contributed by atoms with Crippen molar-refractivity contribution in [2.24, 2.45) is 5.92 Å². The van der Waals surface area contributed by atoms with Gasteiger partial charge in [-0.15, -0.1) is 0 Å². The molecule has 0 radical (unpaired) electrons.